The Morgan fingerprint density at radius 3 is 2.62 bits per heavy atom. The lowest BCUT2D eigenvalue weighted by atomic mass is 9.72. The number of rotatable bonds is 3. The average Bonchev–Trinajstić information content (AvgIpc) is 3.08. The van der Waals surface area contributed by atoms with Crippen LogP contribution in [0.15, 0.2) is 4.79 Å². The predicted molar refractivity (Wildman–Crippen MR) is 116 cm³/mol. The first-order chi connectivity index (χ1) is 13.8. The highest BCUT2D eigenvalue weighted by Gasteiger charge is 2.32. The van der Waals surface area contributed by atoms with Gasteiger partial charge in [0.1, 0.15) is 6.54 Å². The predicted octanol–water partition coefficient (Wildman–Crippen LogP) is 3.80. The summed E-state index contributed by atoms with van der Waals surface area (Å²) >= 11 is 1.61. The first kappa shape index (κ1) is 20.5. The van der Waals surface area contributed by atoms with Crippen molar-refractivity contribution in [1.29, 1.82) is 0 Å². The number of carbonyl (C=O) groups is 1. The van der Waals surface area contributed by atoms with Gasteiger partial charge in [-0.2, -0.15) is 0 Å². The molecule has 29 heavy (non-hydrogen) atoms. The highest BCUT2D eigenvalue weighted by molar-refractivity contribution is 7.18. The third kappa shape index (κ3) is 3.98. The van der Waals surface area contributed by atoms with E-state index in [-0.39, 0.29) is 29.5 Å². The molecule has 2 aromatic rings. The van der Waals surface area contributed by atoms with Crippen LogP contribution in [0.2, 0.25) is 0 Å². The Balaban J connectivity index is 1.58. The molecular weight excluding hydrogens is 384 g/mol. The van der Waals surface area contributed by atoms with Crippen molar-refractivity contribution in [3.8, 4) is 0 Å². The van der Waals surface area contributed by atoms with Crippen molar-refractivity contribution in [2.45, 2.75) is 84.7 Å². The molecule has 0 unspecified atom stereocenters. The molecule has 158 valence electrons. The maximum absolute atomic E-state index is 13.2. The van der Waals surface area contributed by atoms with E-state index in [1.165, 1.54) is 28.8 Å². The number of aryl methyl sites for hydroxylation is 1. The lowest BCUT2D eigenvalue weighted by Gasteiger charge is -2.33. The Morgan fingerprint density at radius 2 is 1.93 bits per heavy atom. The normalized spacial score (nSPS) is 20.6. The number of fused-ring (bicyclic) bond motifs is 3. The molecule has 0 N–H and O–H groups in total. The summed E-state index contributed by atoms with van der Waals surface area (Å²) in [4.78, 5) is 29.8. The molecule has 0 aromatic carbocycles. The van der Waals surface area contributed by atoms with Gasteiger partial charge in [-0.3, -0.25) is 9.59 Å². The highest BCUT2D eigenvalue weighted by Crippen LogP contribution is 2.41. The van der Waals surface area contributed by atoms with Crippen LogP contribution in [0.3, 0.4) is 0 Å². The van der Waals surface area contributed by atoms with Gasteiger partial charge in [0.15, 0.2) is 4.83 Å². The topological polar surface area (TPSA) is 68.1 Å². The molecule has 0 saturated heterocycles. The van der Waals surface area contributed by atoms with E-state index in [9.17, 15) is 9.59 Å². The van der Waals surface area contributed by atoms with Crippen molar-refractivity contribution < 1.29 is 4.79 Å². The molecule has 1 saturated carbocycles. The Hall–Kier alpha value is -1.76. The minimum Gasteiger partial charge on any atom is -0.341 e. The summed E-state index contributed by atoms with van der Waals surface area (Å²) in [5, 5.41) is 9.12. The molecule has 0 radical (unpaired) electrons. The second-order valence-electron chi connectivity index (χ2n) is 9.84. The van der Waals surface area contributed by atoms with Crippen LogP contribution in [-0.2, 0) is 24.2 Å². The van der Waals surface area contributed by atoms with E-state index in [4.69, 9.17) is 0 Å². The molecule has 0 bridgehead atoms. The largest absolute Gasteiger partial charge is 0.341 e. The van der Waals surface area contributed by atoms with Crippen LogP contribution in [0.25, 0.3) is 10.2 Å². The highest BCUT2D eigenvalue weighted by atomic mass is 32.1. The summed E-state index contributed by atoms with van der Waals surface area (Å²) in [6.07, 6.45) is 8.70. The Kier molecular flexibility index (Phi) is 5.53. The third-order valence-electron chi connectivity index (χ3n) is 6.96. The Morgan fingerprint density at radius 1 is 1.21 bits per heavy atom. The molecule has 2 heterocycles. The fraction of sp³-hybridized carbons (Fsp3) is 0.727. The number of carbonyl (C=O) groups excluding carboxylic acids is 1. The fourth-order valence-corrected chi connectivity index (χ4v) is 6.12. The van der Waals surface area contributed by atoms with Crippen molar-refractivity contribution in [2.24, 2.45) is 11.3 Å². The summed E-state index contributed by atoms with van der Waals surface area (Å²) in [5.41, 5.74) is 1.25. The summed E-state index contributed by atoms with van der Waals surface area (Å²) < 4.78 is 1.27. The smallest absolute Gasteiger partial charge is 0.279 e. The van der Waals surface area contributed by atoms with E-state index in [1.807, 2.05) is 11.9 Å². The van der Waals surface area contributed by atoms with Gasteiger partial charge in [0.2, 0.25) is 5.91 Å². The fourth-order valence-electron chi connectivity index (χ4n) is 4.88. The average molecular weight is 417 g/mol. The second-order valence-corrected chi connectivity index (χ2v) is 10.9. The third-order valence-corrected chi connectivity index (χ3v) is 8.10. The van der Waals surface area contributed by atoms with Crippen molar-refractivity contribution in [3.05, 3.63) is 20.8 Å². The van der Waals surface area contributed by atoms with Gasteiger partial charge in [-0.05, 0) is 49.0 Å². The molecule has 7 heteroatoms. The maximum Gasteiger partial charge on any atom is 0.279 e. The summed E-state index contributed by atoms with van der Waals surface area (Å²) in [5.74, 6) is 0.563. The Labute approximate surface area is 176 Å². The monoisotopic (exact) mass is 416 g/mol. The van der Waals surface area contributed by atoms with Gasteiger partial charge in [0.25, 0.3) is 5.56 Å². The van der Waals surface area contributed by atoms with Gasteiger partial charge in [0, 0.05) is 18.0 Å². The first-order valence-electron chi connectivity index (χ1n) is 10.9. The van der Waals surface area contributed by atoms with Gasteiger partial charge < -0.3 is 4.90 Å². The van der Waals surface area contributed by atoms with Crippen LogP contribution < -0.4 is 5.56 Å². The lowest BCUT2D eigenvalue weighted by Crippen LogP contribution is -2.42. The van der Waals surface area contributed by atoms with E-state index in [1.54, 1.807) is 11.3 Å². The minimum atomic E-state index is -0.160. The molecule has 2 aromatic heterocycles. The zero-order chi connectivity index (χ0) is 20.8. The van der Waals surface area contributed by atoms with E-state index < -0.39 is 0 Å². The van der Waals surface area contributed by atoms with E-state index in [0.717, 1.165) is 42.5 Å². The molecule has 6 nitrogen and oxygen atoms in total. The van der Waals surface area contributed by atoms with Gasteiger partial charge in [-0.25, -0.2) is 4.68 Å². The van der Waals surface area contributed by atoms with Crippen LogP contribution in [0.4, 0.5) is 0 Å². The summed E-state index contributed by atoms with van der Waals surface area (Å²) in [7, 11) is 1.86. The summed E-state index contributed by atoms with van der Waals surface area (Å²) in [6.45, 7) is 6.84. The number of likely N-dealkylation sites (N-methyl/N-ethyl adjacent to an activating group) is 1. The number of hydrogen-bond acceptors (Lipinski definition) is 5. The van der Waals surface area contributed by atoms with Crippen LogP contribution in [0, 0.1) is 11.3 Å². The minimum absolute atomic E-state index is 0.0238. The molecule has 0 spiro atoms. The van der Waals surface area contributed by atoms with E-state index >= 15 is 0 Å². The molecule has 1 atom stereocenters. The van der Waals surface area contributed by atoms with Crippen molar-refractivity contribution in [3.63, 3.8) is 0 Å². The van der Waals surface area contributed by atoms with Crippen LogP contribution in [0.5, 0.6) is 0 Å². The van der Waals surface area contributed by atoms with Gasteiger partial charge >= 0.3 is 0 Å². The molecular formula is C22H32N4O2S. The Bertz CT molecular complexity index is 966. The first-order valence-corrected chi connectivity index (χ1v) is 11.7. The number of amides is 1. The number of thiophene rings is 1. The zero-order valence-corrected chi connectivity index (χ0v) is 18.8. The number of aromatic nitrogens is 3. The standard InChI is InChI=1S/C22H32N4O2S/c1-22(2,3)14-10-11-16-17(12-14)29-20-19(16)21(28)26(24-23-20)13-18(27)25(4)15-8-6-5-7-9-15/h14-15H,5-13H2,1-4H3/t14-/m0/s1. The molecule has 2 aliphatic carbocycles. The number of hydrogen-bond donors (Lipinski definition) is 0. The van der Waals surface area contributed by atoms with E-state index in [0.29, 0.717) is 11.3 Å². The van der Waals surface area contributed by atoms with Gasteiger partial charge in [0.05, 0.1) is 5.39 Å². The molecule has 1 fully saturated rings. The van der Waals surface area contributed by atoms with Crippen molar-refractivity contribution in [1.82, 2.24) is 19.9 Å². The van der Waals surface area contributed by atoms with E-state index in [2.05, 4.69) is 31.1 Å². The molecule has 1 amide bonds. The van der Waals surface area contributed by atoms with Gasteiger partial charge in [-0.15, -0.1) is 16.4 Å². The molecule has 2 aliphatic rings. The molecule has 0 aliphatic heterocycles. The maximum atomic E-state index is 13.2. The van der Waals surface area contributed by atoms with Crippen LogP contribution in [0.1, 0.15) is 69.7 Å². The molecule has 4 rings (SSSR count). The zero-order valence-electron chi connectivity index (χ0n) is 18.0. The SMILES string of the molecule is CN(C(=O)Cn1nnc2sc3c(c2c1=O)CC[C@H](C(C)(C)C)C3)C1CCCCC1. The van der Waals surface area contributed by atoms with Crippen molar-refractivity contribution in [2.75, 3.05) is 7.05 Å². The van der Waals surface area contributed by atoms with Crippen LogP contribution >= 0.6 is 11.3 Å². The summed E-state index contributed by atoms with van der Waals surface area (Å²) in [6, 6.07) is 0.284. The lowest BCUT2D eigenvalue weighted by molar-refractivity contribution is -0.133. The number of nitrogens with zero attached hydrogens (tertiary/aromatic N) is 4. The van der Waals surface area contributed by atoms with Gasteiger partial charge in [-0.1, -0.05) is 45.2 Å². The van der Waals surface area contributed by atoms with Crippen molar-refractivity contribution >= 4 is 27.5 Å². The second kappa shape index (κ2) is 7.82. The quantitative estimate of drug-likeness (QED) is 0.763. The van der Waals surface area contributed by atoms with Crippen LogP contribution in [-0.4, -0.2) is 38.9 Å².